The highest BCUT2D eigenvalue weighted by atomic mass is 35.5. The van der Waals surface area contributed by atoms with Gasteiger partial charge in [0.2, 0.25) is 0 Å². The lowest BCUT2D eigenvalue weighted by atomic mass is 10.1. The zero-order chi connectivity index (χ0) is 12.1. The average Bonchev–Trinajstić information content (AvgIpc) is 2.20. The summed E-state index contributed by atoms with van der Waals surface area (Å²) >= 11 is 6.12. The SMILES string of the molecule is CCc1cccc(NC(=N)NC(=N)N)c1Cl. The second kappa shape index (κ2) is 5.37. The third-order valence-electron chi connectivity index (χ3n) is 1.98. The van der Waals surface area contributed by atoms with E-state index in [2.05, 4.69) is 10.6 Å². The molecule has 0 saturated carbocycles. The van der Waals surface area contributed by atoms with E-state index in [0.29, 0.717) is 10.7 Å². The van der Waals surface area contributed by atoms with Gasteiger partial charge in [0, 0.05) is 0 Å². The summed E-state index contributed by atoms with van der Waals surface area (Å²) in [6.07, 6.45) is 0.821. The molecule has 86 valence electrons. The molecule has 0 atom stereocenters. The highest BCUT2D eigenvalue weighted by Gasteiger charge is 2.06. The van der Waals surface area contributed by atoms with Gasteiger partial charge in [0.25, 0.3) is 0 Å². The minimum absolute atomic E-state index is 0.0809. The lowest BCUT2D eigenvalue weighted by Crippen LogP contribution is -2.39. The van der Waals surface area contributed by atoms with E-state index in [1.807, 2.05) is 19.1 Å². The number of aryl methyl sites for hydroxylation is 1. The Morgan fingerprint density at radius 2 is 2.12 bits per heavy atom. The number of nitrogens with two attached hydrogens (primary N) is 1. The number of rotatable bonds is 2. The van der Waals surface area contributed by atoms with Crippen LogP contribution in [0.15, 0.2) is 18.2 Å². The predicted octanol–water partition coefficient (Wildman–Crippen LogP) is 1.73. The molecule has 0 fully saturated rings. The Bertz CT molecular complexity index is 416. The van der Waals surface area contributed by atoms with Crippen molar-refractivity contribution in [3.8, 4) is 0 Å². The Morgan fingerprint density at radius 3 is 2.69 bits per heavy atom. The maximum absolute atomic E-state index is 7.48. The van der Waals surface area contributed by atoms with Gasteiger partial charge < -0.3 is 11.1 Å². The summed E-state index contributed by atoms with van der Waals surface area (Å²) in [5, 5.41) is 20.1. The molecular weight excluding hydrogens is 226 g/mol. The largest absolute Gasteiger partial charge is 0.370 e. The first kappa shape index (κ1) is 12.3. The third kappa shape index (κ3) is 3.13. The summed E-state index contributed by atoms with van der Waals surface area (Å²) in [5.74, 6) is -0.372. The molecule has 1 rings (SSSR count). The van der Waals surface area contributed by atoms with Gasteiger partial charge in [0.1, 0.15) is 0 Å². The fraction of sp³-hybridized carbons (Fsp3) is 0.200. The summed E-state index contributed by atoms with van der Waals surface area (Å²) in [5.41, 5.74) is 6.73. The summed E-state index contributed by atoms with van der Waals surface area (Å²) in [7, 11) is 0. The van der Waals surface area contributed by atoms with Crippen LogP contribution in [0.4, 0.5) is 5.69 Å². The lowest BCUT2D eigenvalue weighted by Gasteiger charge is -2.12. The molecule has 0 aliphatic rings. The molecule has 0 unspecified atom stereocenters. The van der Waals surface area contributed by atoms with E-state index in [0.717, 1.165) is 12.0 Å². The molecular formula is C10H14ClN5. The number of benzene rings is 1. The molecule has 0 heterocycles. The van der Waals surface area contributed by atoms with Crippen LogP contribution in [-0.2, 0) is 6.42 Å². The summed E-state index contributed by atoms with van der Waals surface area (Å²) < 4.78 is 0. The number of guanidine groups is 2. The first-order valence-corrected chi connectivity index (χ1v) is 5.16. The smallest absolute Gasteiger partial charge is 0.199 e. The molecule has 0 spiro atoms. The molecule has 5 nitrogen and oxygen atoms in total. The Morgan fingerprint density at radius 1 is 1.44 bits per heavy atom. The van der Waals surface area contributed by atoms with Crippen LogP contribution in [0.5, 0.6) is 0 Å². The molecule has 0 aliphatic carbocycles. The van der Waals surface area contributed by atoms with Gasteiger partial charge in [-0.1, -0.05) is 30.7 Å². The summed E-state index contributed by atoms with van der Waals surface area (Å²) in [6, 6.07) is 5.54. The van der Waals surface area contributed by atoms with Crippen LogP contribution in [0, 0.1) is 10.8 Å². The van der Waals surface area contributed by atoms with Crippen molar-refractivity contribution in [1.29, 1.82) is 10.8 Å². The molecule has 0 saturated heterocycles. The molecule has 1 aromatic rings. The lowest BCUT2D eigenvalue weighted by molar-refractivity contribution is 1.14. The first-order chi connectivity index (χ1) is 7.54. The number of hydrogen-bond donors (Lipinski definition) is 5. The van der Waals surface area contributed by atoms with Gasteiger partial charge in [-0.25, -0.2) is 0 Å². The second-order valence-corrected chi connectivity index (χ2v) is 3.55. The van der Waals surface area contributed by atoms with E-state index in [4.69, 9.17) is 28.2 Å². The van der Waals surface area contributed by atoms with Crippen molar-refractivity contribution >= 4 is 29.2 Å². The maximum Gasteiger partial charge on any atom is 0.199 e. The van der Waals surface area contributed by atoms with Crippen molar-refractivity contribution in [2.24, 2.45) is 5.73 Å². The molecule has 6 heteroatoms. The van der Waals surface area contributed by atoms with Crippen LogP contribution in [0.25, 0.3) is 0 Å². The molecule has 1 aromatic carbocycles. The average molecular weight is 240 g/mol. The number of hydrogen-bond acceptors (Lipinski definition) is 2. The van der Waals surface area contributed by atoms with Gasteiger partial charge in [0.15, 0.2) is 11.9 Å². The number of anilines is 1. The van der Waals surface area contributed by atoms with Crippen molar-refractivity contribution < 1.29 is 0 Å². The minimum atomic E-state index is -0.291. The molecule has 0 amide bonds. The molecule has 0 bridgehead atoms. The van der Waals surface area contributed by atoms with Gasteiger partial charge in [-0.15, -0.1) is 0 Å². The van der Waals surface area contributed by atoms with E-state index in [1.165, 1.54) is 0 Å². The molecule has 16 heavy (non-hydrogen) atoms. The zero-order valence-corrected chi connectivity index (χ0v) is 9.65. The van der Waals surface area contributed by atoms with Crippen LogP contribution in [0.2, 0.25) is 5.02 Å². The second-order valence-electron chi connectivity index (χ2n) is 3.17. The van der Waals surface area contributed by atoms with E-state index >= 15 is 0 Å². The summed E-state index contributed by atoms with van der Waals surface area (Å²) in [6.45, 7) is 2.00. The zero-order valence-electron chi connectivity index (χ0n) is 8.89. The monoisotopic (exact) mass is 239 g/mol. The van der Waals surface area contributed by atoms with Crippen molar-refractivity contribution in [2.45, 2.75) is 13.3 Å². The standard InChI is InChI=1S/C10H14ClN5/c1-2-6-4-3-5-7(8(6)11)15-10(14)16-9(12)13/h3-5H,2H2,1H3,(H6,12,13,14,15,16). The molecule has 0 radical (unpaired) electrons. The van der Waals surface area contributed by atoms with E-state index < -0.39 is 0 Å². The Balaban J connectivity index is 2.81. The van der Waals surface area contributed by atoms with Gasteiger partial charge in [-0.05, 0) is 18.1 Å². The van der Waals surface area contributed by atoms with Crippen molar-refractivity contribution in [1.82, 2.24) is 5.32 Å². The van der Waals surface area contributed by atoms with Crippen LogP contribution in [-0.4, -0.2) is 11.9 Å². The minimum Gasteiger partial charge on any atom is -0.370 e. The Labute approximate surface area is 99.0 Å². The van der Waals surface area contributed by atoms with Crippen molar-refractivity contribution in [2.75, 3.05) is 5.32 Å². The molecule has 0 aliphatic heterocycles. The van der Waals surface area contributed by atoms with E-state index in [-0.39, 0.29) is 11.9 Å². The van der Waals surface area contributed by atoms with Gasteiger partial charge >= 0.3 is 0 Å². The first-order valence-electron chi connectivity index (χ1n) is 4.78. The van der Waals surface area contributed by atoms with Gasteiger partial charge in [0.05, 0.1) is 10.7 Å². The fourth-order valence-electron chi connectivity index (χ4n) is 1.25. The molecule has 6 N–H and O–H groups in total. The van der Waals surface area contributed by atoms with Crippen LogP contribution >= 0.6 is 11.6 Å². The van der Waals surface area contributed by atoms with Crippen LogP contribution < -0.4 is 16.4 Å². The Kier molecular flexibility index (Phi) is 4.13. The maximum atomic E-state index is 7.48. The highest BCUT2D eigenvalue weighted by Crippen LogP contribution is 2.25. The normalized spacial score (nSPS) is 9.62. The van der Waals surface area contributed by atoms with Gasteiger partial charge in [-0.2, -0.15) is 0 Å². The number of halogens is 1. The van der Waals surface area contributed by atoms with Gasteiger partial charge in [-0.3, -0.25) is 16.1 Å². The topological polar surface area (TPSA) is 97.8 Å². The molecule has 0 aromatic heterocycles. The van der Waals surface area contributed by atoms with Crippen LogP contribution in [0.1, 0.15) is 12.5 Å². The highest BCUT2D eigenvalue weighted by molar-refractivity contribution is 6.34. The fourth-order valence-corrected chi connectivity index (χ4v) is 1.56. The van der Waals surface area contributed by atoms with Crippen molar-refractivity contribution in [3.05, 3.63) is 28.8 Å². The number of nitrogens with one attached hydrogen (secondary N) is 4. The van der Waals surface area contributed by atoms with E-state index in [1.54, 1.807) is 6.07 Å². The third-order valence-corrected chi connectivity index (χ3v) is 2.43. The van der Waals surface area contributed by atoms with Crippen molar-refractivity contribution in [3.63, 3.8) is 0 Å². The van der Waals surface area contributed by atoms with E-state index in [9.17, 15) is 0 Å². The quantitative estimate of drug-likeness (QED) is 0.402. The van der Waals surface area contributed by atoms with Crippen LogP contribution in [0.3, 0.4) is 0 Å². The predicted molar refractivity (Wildman–Crippen MR) is 67.2 cm³/mol. The Hall–Kier alpha value is -1.75. The summed E-state index contributed by atoms with van der Waals surface area (Å²) in [4.78, 5) is 0.